The topological polar surface area (TPSA) is 118 Å². The number of rotatable bonds is 5. The molecule has 0 saturated heterocycles. The fraction of sp³-hybridized carbons (Fsp3) is 0.333. The number of aromatic nitrogens is 2. The lowest BCUT2D eigenvalue weighted by Crippen LogP contribution is -2.22. The van der Waals surface area contributed by atoms with Gasteiger partial charge in [0.2, 0.25) is 5.89 Å². The Morgan fingerprint density at radius 2 is 2.20 bits per heavy atom. The Kier molecular flexibility index (Phi) is 3.83. The maximum absolute atomic E-state index is 11.8. The quantitative estimate of drug-likeness (QED) is 0.842. The van der Waals surface area contributed by atoms with E-state index in [9.17, 15) is 9.59 Å². The van der Waals surface area contributed by atoms with Crippen molar-refractivity contribution < 1.29 is 23.6 Å². The highest BCUT2D eigenvalue weighted by atomic mass is 16.5. The number of amides is 1. The summed E-state index contributed by atoms with van der Waals surface area (Å²) in [5.74, 6) is -0.739. The van der Waals surface area contributed by atoms with E-state index in [1.165, 1.54) is 6.07 Å². The van der Waals surface area contributed by atoms with Gasteiger partial charge in [-0.3, -0.25) is 4.79 Å². The van der Waals surface area contributed by atoms with E-state index in [2.05, 4.69) is 15.5 Å². The molecule has 2 aromatic heterocycles. The van der Waals surface area contributed by atoms with E-state index >= 15 is 0 Å². The van der Waals surface area contributed by atoms with Crippen molar-refractivity contribution in [2.45, 2.75) is 26.8 Å². The third-order valence-electron chi connectivity index (χ3n) is 2.55. The van der Waals surface area contributed by atoms with Crippen LogP contribution in [0.25, 0.3) is 0 Å². The second-order valence-electron chi connectivity index (χ2n) is 4.02. The molecular weight excluding hydrogens is 266 g/mol. The van der Waals surface area contributed by atoms with Crippen LogP contribution in [0.2, 0.25) is 0 Å². The Bertz CT molecular complexity index is 643. The molecule has 2 N–H and O–H groups in total. The number of carboxylic acid groups (broad SMARTS) is 1. The zero-order chi connectivity index (χ0) is 14.7. The largest absolute Gasteiger partial charge is 0.478 e. The Hall–Kier alpha value is -2.64. The first kappa shape index (κ1) is 13.8. The van der Waals surface area contributed by atoms with Crippen molar-refractivity contribution in [3.63, 3.8) is 0 Å². The zero-order valence-electron chi connectivity index (χ0n) is 11.0. The molecule has 0 unspecified atom stereocenters. The summed E-state index contributed by atoms with van der Waals surface area (Å²) in [4.78, 5) is 26.7. The van der Waals surface area contributed by atoms with Gasteiger partial charge in [0, 0.05) is 12.5 Å². The van der Waals surface area contributed by atoms with Crippen molar-refractivity contribution >= 4 is 11.9 Å². The summed E-state index contributed by atoms with van der Waals surface area (Å²) < 4.78 is 10.1. The van der Waals surface area contributed by atoms with E-state index in [0.717, 1.165) is 0 Å². The highest BCUT2D eigenvalue weighted by Gasteiger charge is 2.20. The molecule has 0 saturated carbocycles. The fourth-order valence-electron chi connectivity index (χ4n) is 1.64. The van der Waals surface area contributed by atoms with E-state index in [1.807, 2.05) is 0 Å². The van der Waals surface area contributed by atoms with Crippen LogP contribution in [-0.4, -0.2) is 27.1 Å². The molecule has 20 heavy (non-hydrogen) atoms. The maximum atomic E-state index is 11.8. The van der Waals surface area contributed by atoms with Gasteiger partial charge in [0.1, 0.15) is 11.3 Å². The van der Waals surface area contributed by atoms with E-state index < -0.39 is 11.9 Å². The highest BCUT2D eigenvalue weighted by Crippen LogP contribution is 2.16. The lowest BCUT2D eigenvalue weighted by molar-refractivity contribution is 0.0694. The van der Waals surface area contributed by atoms with Crippen LogP contribution in [0, 0.1) is 6.92 Å². The highest BCUT2D eigenvalue weighted by molar-refractivity contribution is 5.96. The van der Waals surface area contributed by atoms with Gasteiger partial charge in [-0.15, -0.1) is 0 Å². The average Bonchev–Trinajstić information content (AvgIpc) is 3.01. The van der Waals surface area contributed by atoms with Crippen molar-refractivity contribution in [3.05, 3.63) is 34.9 Å². The first-order chi connectivity index (χ1) is 9.51. The molecule has 0 aromatic carbocycles. The molecule has 0 fully saturated rings. The number of hydrogen-bond acceptors (Lipinski definition) is 6. The summed E-state index contributed by atoms with van der Waals surface area (Å²) in [5, 5.41) is 15.1. The molecule has 0 bridgehead atoms. The molecule has 0 aliphatic carbocycles. The minimum atomic E-state index is -1.13. The number of aromatic carboxylic acids is 1. The summed E-state index contributed by atoms with van der Waals surface area (Å²) >= 11 is 0. The summed E-state index contributed by atoms with van der Waals surface area (Å²) in [7, 11) is 0. The van der Waals surface area contributed by atoms with Gasteiger partial charge in [0.25, 0.3) is 5.91 Å². The van der Waals surface area contributed by atoms with Crippen molar-refractivity contribution in [1.82, 2.24) is 15.5 Å². The van der Waals surface area contributed by atoms with Gasteiger partial charge < -0.3 is 19.4 Å². The summed E-state index contributed by atoms with van der Waals surface area (Å²) in [5.41, 5.74) is -0.00807. The maximum Gasteiger partial charge on any atom is 0.339 e. The first-order valence-electron chi connectivity index (χ1n) is 5.94. The number of nitrogens with one attached hydrogen (secondary N) is 1. The Morgan fingerprint density at radius 1 is 1.45 bits per heavy atom. The molecule has 1 amide bonds. The standard InChI is InChI=1S/C12H13N3O5/c1-3-8-7(12(17)18)4-9(19-8)11(16)13-5-10-14-6(2)15-20-10/h4H,3,5H2,1-2H3,(H,13,16)(H,17,18). The van der Waals surface area contributed by atoms with Crippen molar-refractivity contribution in [3.8, 4) is 0 Å². The number of carboxylic acids is 1. The van der Waals surface area contributed by atoms with Crippen molar-refractivity contribution in [1.29, 1.82) is 0 Å². The van der Waals surface area contributed by atoms with Gasteiger partial charge in [0.05, 0.1) is 6.54 Å². The van der Waals surface area contributed by atoms with Gasteiger partial charge in [-0.2, -0.15) is 4.98 Å². The number of nitrogens with zero attached hydrogens (tertiary/aromatic N) is 2. The minimum absolute atomic E-state index is 0.00807. The van der Waals surface area contributed by atoms with Crippen LogP contribution in [0.1, 0.15) is 45.3 Å². The van der Waals surface area contributed by atoms with Crippen LogP contribution < -0.4 is 5.32 Å². The number of hydrogen-bond donors (Lipinski definition) is 2. The van der Waals surface area contributed by atoms with Crippen LogP contribution in [0.3, 0.4) is 0 Å². The molecule has 0 atom stereocenters. The number of carbonyl (C=O) groups is 2. The van der Waals surface area contributed by atoms with Gasteiger partial charge in [-0.05, 0) is 6.92 Å². The molecule has 2 aromatic rings. The normalized spacial score (nSPS) is 10.5. The summed E-state index contributed by atoms with van der Waals surface area (Å²) in [6, 6.07) is 1.20. The molecule has 106 valence electrons. The second kappa shape index (κ2) is 5.55. The van der Waals surface area contributed by atoms with Gasteiger partial charge in [-0.1, -0.05) is 12.1 Å². The Labute approximate surface area is 113 Å². The molecule has 0 radical (unpaired) electrons. The minimum Gasteiger partial charge on any atom is -0.478 e. The molecule has 2 heterocycles. The summed E-state index contributed by atoms with van der Waals surface area (Å²) in [6.45, 7) is 3.45. The van der Waals surface area contributed by atoms with Gasteiger partial charge in [-0.25, -0.2) is 4.79 Å². The molecule has 8 nitrogen and oxygen atoms in total. The second-order valence-corrected chi connectivity index (χ2v) is 4.02. The fourth-order valence-corrected chi connectivity index (χ4v) is 1.64. The molecule has 2 rings (SSSR count). The predicted molar refractivity (Wildman–Crippen MR) is 65.3 cm³/mol. The Balaban J connectivity index is 2.07. The molecule has 0 spiro atoms. The summed E-state index contributed by atoms with van der Waals surface area (Å²) in [6.07, 6.45) is 0.387. The SMILES string of the molecule is CCc1oc(C(=O)NCc2nc(C)no2)cc1C(=O)O. The third-order valence-corrected chi connectivity index (χ3v) is 2.55. The predicted octanol–water partition coefficient (Wildman–Crippen LogP) is 1.16. The van der Waals surface area contributed by atoms with Crippen LogP contribution in [0.15, 0.2) is 15.0 Å². The smallest absolute Gasteiger partial charge is 0.339 e. The third kappa shape index (κ3) is 2.85. The molecule has 8 heteroatoms. The van der Waals surface area contributed by atoms with Crippen LogP contribution in [0.4, 0.5) is 0 Å². The van der Waals surface area contributed by atoms with Crippen molar-refractivity contribution in [2.24, 2.45) is 0 Å². The van der Waals surface area contributed by atoms with E-state index in [0.29, 0.717) is 12.2 Å². The number of aryl methyl sites for hydroxylation is 2. The first-order valence-corrected chi connectivity index (χ1v) is 5.94. The van der Waals surface area contributed by atoms with Crippen LogP contribution >= 0.6 is 0 Å². The van der Waals surface area contributed by atoms with Gasteiger partial charge >= 0.3 is 5.97 Å². The number of carbonyl (C=O) groups excluding carboxylic acids is 1. The zero-order valence-corrected chi connectivity index (χ0v) is 11.0. The Morgan fingerprint density at radius 3 is 2.70 bits per heavy atom. The van der Waals surface area contributed by atoms with Crippen LogP contribution in [-0.2, 0) is 13.0 Å². The lowest BCUT2D eigenvalue weighted by atomic mass is 10.2. The van der Waals surface area contributed by atoms with Gasteiger partial charge in [0.15, 0.2) is 11.6 Å². The lowest BCUT2D eigenvalue weighted by Gasteiger charge is -1.98. The van der Waals surface area contributed by atoms with E-state index in [1.54, 1.807) is 13.8 Å². The van der Waals surface area contributed by atoms with Crippen LogP contribution in [0.5, 0.6) is 0 Å². The molecule has 0 aliphatic heterocycles. The van der Waals surface area contributed by atoms with Crippen molar-refractivity contribution in [2.75, 3.05) is 0 Å². The molecular formula is C12H13N3O5. The monoisotopic (exact) mass is 279 g/mol. The van der Waals surface area contributed by atoms with E-state index in [4.69, 9.17) is 14.0 Å². The average molecular weight is 279 g/mol. The molecule has 0 aliphatic rings. The number of furan rings is 1. The van der Waals surface area contributed by atoms with E-state index in [-0.39, 0.29) is 29.5 Å².